The number of anilines is 1. The number of benzene rings is 1. The Balaban J connectivity index is 1.79. The Morgan fingerprint density at radius 2 is 1.79 bits per heavy atom. The van der Waals surface area contributed by atoms with Crippen molar-refractivity contribution in [1.29, 1.82) is 0 Å². The summed E-state index contributed by atoms with van der Waals surface area (Å²) in [5.41, 5.74) is 3.67. The van der Waals surface area contributed by atoms with Crippen LogP contribution in [0.3, 0.4) is 0 Å². The van der Waals surface area contributed by atoms with E-state index in [-0.39, 0.29) is 11.5 Å². The minimum absolute atomic E-state index is 0.240. The van der Waals surface area contributed by atoms with Gasteiger partial charge in [-0.15, -0.1) is 0 Å². The first-order valence-corrected chi connectivity index (χ1v) is 8.19. The second-order valence-electron chi connectivity index (χ2n) is 5.88. The summed E-state index contributed by atoms with van der Waals surface area (Å²) in [6.07, 6.45) is 1.64. The molecule has 0 unspecified atom stereocenters. The zero-order valence-electron chi connectivity index (χ0n) is 13.6. The minimum Gasteiger partial charge on any atom is -0.378 e. The van der Waals surface area contributed by atoms with Crippen molar-refractivity contribution in [3.63, 3.8) is 0 Å². The van der Waals surface area contributed by atoms with Gasteiger partial charge in [0, 0.05) is 29.4 Å². The Kier molecular flexibility index (Phi) is 5.38. The molecule has 1 aliphatic heterocycles. The lowest BCUT2D eigenvalue weighted by Crippen LogP contribution is -2.36. The monoisotopic (exact) mass is 327 g/mol. The van der Waals surface area contributed by atoms with Gasteiger partial charge in [0.2, 0.25) is 6.54 Å². The predicted molar refractivity (Wildman–Crippen MR) is 91.8 cm³/mol. The summed E-state index contributed by atoms with van der Waals surface area (Å²) in [4.78, 5) is 17.2. The lowest BCUT2D eigenvalue weighted by atomic mass is 10.1. The summed E-state index contributed by atoms with van der Waals surface area (Å²) in [5, 5.41) is 10.9. The molecular weight excluding hydrogens is 306 g/mol. The SMILES string of the molecule is O=[N+]([O-])Cc1cc(N2CCOCC2)cc(CCc2ccccc2)n1. The number of nitrogens with zero attached hydrogens (tertiary/aromatic N) is 3. The average Bonchev–Trinajstić information content (AvgIpc) is 2.61. The summed E-state index contributed by atoms with van der Waals surface area (Å²) < 4.78 is 5.39. The van der Waals surface area contributed by atoms with Gasteiger partial charge < -0.3 is 9.64 Å². The standard InChI is InChI=1S/C18H21N3O3/c22-21(23)14-17-13-18(20-8-10-24-11-9-20)12-16(19-17)7-6-15-4-2-1-3-5-15/h1-5,12-13H,6-11,14H2. The van der Waals surface area contributed by atoms with Crippen molar-refractivity contribution in [1.82, 2.24) is 4.98 Å². The van der Waals surface area contributed by atoms with Gasteiger partial charge in [0.05, 0.1) is 13.2 Å². The molecule has 0 saturated carbocycles. The van der Waals surface area contributed by atoms with E-state index in [0.29, 0.717) is 18.9 Å². The van der Waals surface area contributed by atoms with Gasteiger partial charge in [-0.25, -0.2) is 0 Å². The average molecular weight is 327 g/mol. The van der Waals surface area contributed by atoms with Crippen molar-refractivity contribution >= 4 is 5.69 Å². The third kappa shape index (κ3) is 4.52. The number of rotatable bonds is 6. The van der Waals surface area contributed by atoms with Crippen LogP contribution in [0.2, 0.25) is 0 Å². The van der Waals surface area contributed by atoms with E-state index in [1.807, 2.05) is 24.3 Å². The summed E-state index contributed by atoms with van der Waals surface area (Å²) in [7, 11) is 0. The summed E-state index contributed by atoms with van der Waals surface area (Å²) in [6.45, 7) is 2.75. The quantitative estimate of drug-likeness (QED) is 0.602. The Hall–Kier alpha value is -2.47. The molecule has 2 heterocycles. The van der Waals surface area contributed by atoms with Crippen LogP contribution in [0, 0.1) is 10.1 Å². The van der Waals surface area contributed by atoms with Crippen LogP contribution in [0.25, 0.3) is 0 Å². The van der Waals surface area contributed by atoms with Gasteiger partial charge in [-0.2, -0.15) is 0 Å². The van der Waals surface area contributed by atoms with Crippen LogP contribution >= 0.6 is 0 Å². The fraction of sp³-hybridized carbons (Fsp3) is 0.389. The number of nitro groups is 1. The van der Waals surface area contributed by atoms with E-state index in [1.54, 1.807) is 0 Å². The van der Waals surface area contributed by atoms with Gasteiger partial charge in [0.15, 0.2) is 0 Å². The minimum atomic E-state index is -0.327. The Labute approximate surface area is 141 Å². The number of hydrogen-bond acceptors (Lipinski definition) is 5. The molecule has 0 radical (unpaired) electrons. The topological polar surface area (TPSA) is 68.5 Å². The van der Waals surface area contributed by atoms with Crippen molar-refractivity contribution in [2.75, 3.05) is 31.2 Å². The second-order valence-corrected chi connectivity index (χ2v) is 5.88. The van der Waals surface area contributed by atoms with Gasteiger partial charge in [0.25, 0.3) is 0 Å². The molecule has 0 bridgehead atoms. The molecule has 6 nitrogen and oxygen atoms in total. The molecule has 0 atom stereocenters. The number of hydrogen-bond donors (Lipinski definition) is 0. The van der Waals surface area contributed by atoms with Gasteiger partial charge >= 0.3 is 0 Å². The van der Waals surface area contributed by atoms with Gasteiger partial charge in [-0.3, -0.25) is 15.1 Å². The number of aryl methyl sites for hydroxylation is 2. The lowest BCUT2D eigenvalue weighted by molar-refractivity contribution is -0.497. The van der Waals surface area contributed by atoms with Crippen LogP contribution in [-0.4, -0.2) is 36.2 Å². The molecule has 0 amide bonds. The first kappa shape index (κ1) is 16.4. The van der Waals surface area contributed by atoms with E-state index in [9.17, 15) is 10.1 Å². The molecule has 0 spiro atoms. The van der Waals surface area contributed by atoms with Gasteiger partial charge in [-0.05, 0) is 30.5 Å². The van der Waals surface area contributed by atoms with Crippen LogP contribution in [0.4, 0.5) is 5.69 Å². The highest BCUT2D eigenvalue weighted by atomic mass is 16.6. The van der Waals surface area contributed by atoms with Crippen LogP contribution in [0.5, 0.6) is 0 Å². The highest BCUT2D eigenvalue weighted by molar-refractivity contribution is 5.49. The first-order valence-electron chi connectivity index (χ1n) is 8.19. The highest BCUT2D eigenvalue weighted by Gasteiger charge is 2.15. The fourth-order valence-corrected chi connectivity index (χ4v) is 2.89. The van der Waals surface area contributed by atoms with E-state index in [4.69, 9.17) is 4.74 Å². The maximum absolute atomic E-state index is 10.9. The van der Waals surface area contributed by atoms with Gasteiger partial charge in [0.1, 0.15) is 5.69 Å². The second kappa shape index (κ2) is 7.88. The van der Waals surface area contributed by atoms with Crippen molar-refractivity contribution in [2.45, 2.75) is 19.4 Å². The van der Waals surface area contributed by atoms with E-state index in [2.05, 4.69) is 28.1 Å². The molecule has 2 aromatic rings. The van der Waals surface area contributed by atoms with Crippen LogP contribution in [0.15, 0.2) is 42.5 Å². The fourth-order valence-electron chi connectivity index (χ4n) is 2.89. The van der Waals surface area contributed by atoms with Crippen molar-refractivity contribution < 1.29 is 9.66 Å². The van der Waals surface area contributed by atoms with Crippen molar-refractivity contribution in [3.8, 4) is 0 Å². The van der Waals surface area contributed by atoms with E-state index >= 15 is 0 Å². The van der Waals surface area contributed by atoms with Crippen molar-refractivity contribution in [2.24, 2.45) is 0 Å². The number of pyridine rings is 1. The zero-order valence-corrected chi connectivity index (χ0v) is 13.6. The molecule has 1 aromatic heterocycles. The van der Waals surface area contributed by atoms with E-state index in [1.165, 1.54) is 5.56 Å². The van der Waals surface area contributed by atoms with Crippen molar-refractivity contribution in [3.05, 3.63) is 69.5 Å². The highest BCUT2D eigenvalue weighted by Crippen LogP contribution is 2.20. The smallest absolute Gasteiger partial charge is 0.245 e. The number of aromatic nitrogens is 1. The molecule has 24 heavy (non-hydrogen) atoms. The van der Waals surface area contributed by atoms with E-state index < -0.39 is 0 Å². The first-order chi connectivity index (χ1) is 11.7. The van der Waals surface area contributed by atoms with Crippen LogP contribution in [0.1, 0.15) is 17.0 Å². The largest absolute Gasteiger partial charge is 0.378 e. The summed E-state index contributed by atoms with van der Waals surface area (Å²) in [5.74, 6) is 0. The molecule has 3 rings (SSSR count). The Morgan fingerprint density at radius 1 is 1.08 bits per heavy atom. The summed E-state index contributed by atoms with van der Waals surface area (Å²) in [6, 6.07) is 14.1. The molecule has 1 aromatic carbocycles. The molecule has 1 fully saturated rings. The van der Waals surface area contributed by atoms with E-state index in [0.717, 1.165) is 37.3 Å². The normalized spacial score (nSPS) is 14.6. The number of morpholine rings is 1. The molecule has 1 saturated heterocycles. The lowest BCUT2D eigenvalue weighted by Gasteiger charge is -2.29. The maximum atomic E-state index is 10.9. The molecular formula is C18H21N3O3. The Morgan fingerprint density at radius 3 is 2.50 bits per heavy atom. The van der Waals surface area contributed by atoms with Crippen LogP contribution < -0.4 is 4.90 Å². The molecule has 0 N–H and O–H groups in total. The molecule has 0 aliphatic carbocycles. The van der Waals surface area contributed by atoms with Gasteiger partial charge in [-0.1, -0.05) is 30.3 Å². The van der Waals surface area contributed by atoms with Crippen LogP contribution in [-0.2, 0) is 24.1 Å². The maximum Gasteiger partial charge on any atom is 0.245 e. The molecule has 1 aliphatic rings. The third-order valence-electron chi connectivity index (χ3n) is 4.10. The molecule has 126 valence electrons. The molecule has 6 heteroatoms. The Bertz CT molecular complexity index is 685. The zero-order chi connectivity index (χ0) is 16.8. The summed E-state index contributed by atoms with van der Waals surface area (Å²) >= 11 is 0. The third-order valence-corrected chi connectivity index (χ3v) is 4.10. The number of ether oxygens (including phenoxy) is 1. The predicted octanol–water partition coefficient (Wildman–Crippen LogP) is 2.48.